The maximum atomic E-state index is 13.9. The molecule has 0 saturated carbocycles. The van der Waals surface area contributed by atoms with Gasteiger partial charge in [-0.05, 0) is 56.5 Å². The van der Waals surface area contributed by atoms with Crippen molar-refractivity contribution in [1.29, 1.82) is 0 Å². The summed E-state index contributed by atoms with van der Waals surface area (Å²) in [5.41, 5.74) is 2.64. The minimum absolute atomic E-state index is 0.146. The number of H-pyrrole nitrogens is 1. The Morgan fingerprint density at radius 1 is 1.23 bits per heavy atom. The molecule has 1 atom stereocenters. The molecule has 0 aliphatic carbocycles. The molecule has 1 amide bonds. The second-order valence-corrected chi connectivity index (χ2v) is 8.15. The molecule has 1 fully saturated rings. The number of hydrogen-bond donors (Lipinski definition) is 1. The molecule has 1 N–H and O–H groups in total. The third-order valence-electron chi connectivity index (χ3n) is 6.00. The lowest BCUT2D eigenvalue weighted by Crippen LogP contribution is -2.32. The van der Waals surface area contributed by atoms with Gasteiger partial charge >= 0.3 is 0 Å². The van der Waals surface area contributed by atoms with E-state index in [-0.39, 0.29) is 11.9 Å². The molecule has 5 rings (SSSR count). The molecule has 11 heteroatoms. The second-order valence-electron chi connectivity index (χ2n) is 8.15. The van der Waals surface area contributed by atoms with E-state index in [1.165, 1.54) is 4.80 Å². The van der Waals surface area contributed by atoms with Crippen molar-refractivity contribution in [2.75, 3.05) is 20.3 Å². The fraction of sp³-hybridized carbons (Fsp3) is 0.333. The van der Waals surface area contributed by atoms with Gasteiger partial charge in [0.15, 0.2) is 5.82 Å². The summed E-state index contributed by atoms with van der Waals surface area (Å²) in [7, 11) is 1.59. The number of aromatic nitrogens is 7. The van der Waals surface area contributed by atoms with Crippen LogP contribution >= 0.6 is 0 Å². The van der Waals surface area contributed by atoms with Crippen LogP contribution in [0.25, 0.3) is 17.1 Å². The van der Waals surface area contributed by atoms with Gasteiger partial charge in [0.25, 0.3) is 5.91 Å². The molecule has 4 heterocycles. The zero-order valence-electron chi connectivity index (χ0n) is 19.8. The molecule has 1 saturated heterocycles. The molecule has 0 radical (unpaired) electrons. The molecule has 0 unspecified atom stereocenters. The van der Waals surface area contributed by atoms with Crippen LogP contribution in [0.2, 0.25) is 0 Å². The predicted molar refractivity (Wildman–Crippen MR) is 126 cm³/mol. The van der Waals surface area contributed by atoms with Crippen molar-refractivity contribution in [3.63, 3.8) is 0 Å². The molecular weight excluding hydrogens is 448 g/mol. The fourth-order valence-electron chi connectivity index (χ4n) is 4.37. The minimum Gasteiger partial charge on any atom is -0.496 e. The Morgan fingerprint density at radius 2 is 2.06 bits per heavy atom. The van der Waals surface area contributed by atoms with Crippen LogP contribution in [0.3, 0.4) is 0 Å². The first-order valence-electron chi connectivity index (χ1n) is 11.5. The van der Waals surface area contributed by atoms with Crippen LogP contribution in [0.15, 0.2) is 42.9 Å². The summed E-state index contributed by atoms with van der Waals surface area (Å²) in [5.74, 6) is 2.06. The Morgan fingerprint density at radius 3 is 2.83 bits per heavy atom. The highest BCUT2D eigenvalue weighted by Gasteiger charge is 2.35. The monoisotopic (exact) mass is 474 g/mol. The molecule has 0 bridgehead atoms. The summed E-state index contributed by atoms with van der Waals surface area (Å²) in [6.45, 7) is 4.90. The van der Waals surface area contributed by atoms with Crippen molar-refractivity contribution in [3.05, 3.63) is 59.8 Å². The van der Waals surface area contributed by atoms with Gasteiger partial charge in [-0.2, -0.15) is 20.1 Å². The molecule has 1 aliphatic heterocycles. The maximum Gasteiger partial charge on any atom is 0.256 e. The fourth-order valence-corrected chi connectivity index (χ4v) is 4.37. The van der Waals surface area contributed by atoms with Gasteiger partial charge in [0.1, 0.15) is 11.6 Å². The van der Waals surface area contributed by atoms with Gasteiger partial charge in [-0.25, -0.2) is 9.97 Å². The van der Waals surface area contributed by atoms with E-state index in [0.29, 0.717) is 53.2 Å². The van der Waals surface area contributed by atoms with Crippen LogP contribution in [-0.2, 0) is 0 Å². The number of aryl methyl sites for hydroxylation is 1. The Balaban J connectivity index is 1.49. The van der Waals surface area contributed by atoms with Gasteiger partial charge in [0, 0.05) is 12.7 Å². The third kappa shape index (κ3) is 4.20. The number of amides is 1. The number of nitrogens with zero attached hydrogens (tertiary/aromatic N) is 7. The SMILES string of the molecule is CCOc1ncccc1-c1n[nH]c([C@@H]2CCCN2C(=O)c2cc(OC)c(C)cc2-n2nccn2)n1. The summed E-state index contributed by atoms with van der Waals surface area (Å²) in [6, 6.07) is 7.05. The number of likely N-dealkylation sites (tertiary alicyclic amines) is 1. The first kappa shape index (κ1) is 22.5. The number of pyridine rings is 1. The van der Waals surface area contributed by atoms with E-state index in [0.717, 1.165) is 18.4 Å². The Bertz CT molecular complexity index is 1330. The third-order valence-corrected chi connectivity index (χ3v) is 6.00. The largest absolute Gasteiger partial charge is 0.496 e. The highest BCUT2D eigenvalue weighted by molar-refractivity contribution is 5.98. The van der Waals surface area contributed by atoms with E-state index in [1.54, 1.807) is 31.8 Å². The number of carbonyl (C=O) groups is 1. The van der Waals surface area contributed by atoms with Crippen LogP contribution in [0, 0.1) is 6.92 Å². The van der Waals surface area contributed by atoms with Crippen molar-refractivity contribution in [3.8, 4) is 28.7 Å². The summed E-state index contributed by atoms with van der Waals surface area (Å²) in [4.78, 5) is 26.1. The van der Waals surface area contributed by atoms with Crippen molar-refractivity contribution in [1.82, 2.24) is 40.1 Å². The van der Waals surface area contributed by atoms with E-state index in [4.69, 9.17) is 14.5 Å². The van der Waals surface area contributed by atoms with Gasteiger partial charge in [-0.3, -0.25) is 9.89 Å². The van der Waals surface area contributed by atoms with Crippen molar-refractivity contribution >= 4 is 5.91 Å². The van der Waals surface area contributed by atoms with Crippen molar-refractivity contribution in [2.45, 2.75) is 32.7 Å². The smallest absolute Gasteiger partial charge is 0.256 e. The molecule has 4 aromatic rings. The van der Waals surface area contributed by atoms with Gasteiger partial charge in [0.2, 0.25) is 5.88 Å². The van der Waals surface area contributed by atoms with E-state index >= 15 is 0 Å². The van der Waals surface area contributed by atoms with E-state index in [2.05, 4.69) is 25.4 Å². The minimum atomic E-state index is -0.248. The summed E-state index contributed by atoms with van der Waals surface area (Å²) < 4.78 is 11.1. The lowest BCUT2D eigenvalue weighted by molar-refractivity contribution is 0.0729. The van der Waals surface area contributed by atoms with Crippen LogP contribution in [0.1, 0.15) is 47.6 Å². The number of aromatic amines is 1. The van der Waals surface area contributed by atoms with Crippen LogP contribution < -0.4 is 9.47 Å². The van der Waals surface area contributed by atoms with E-state index < -0.39 is 0 Å². The zero-order valence-corrected chi connectivity index (χ0v) is 19.8. The number of methoxy groups -OCH3 is 1. The van der Waals surface area contributed by atoms with Gasteiger partial charge in [0.05, 0.1) is 49.0 Å². The average molecular weight is 475 g/mol. The Hall–Kier alpha value is -4.28. The number of hydrogen-bond acceptors (Lipinski definition) is 8. The molecule has 1 aliphatic rings. The topological polar surface area (TPSA) is 124 Å². The van der Waals surface area contributed by atoms with Crippen molar-refractivity contribution in [2.24, 2.45) is 0 Å². The summed E-state index contributed by atoms with van der Waals surface area (Å²) >= 11 is 0. The quantitative estimate of drug-likeness (QED) is 0.433. The molecule has 0 spiro atoms. The van der Waals surface area contributed by atoms with Crippen LogP contribution in [0.4, 0.5) is 0 Å². The zero-order chi connectivity index (χ0) is 24.4. The summed E-state index contributed by atoms with van der Waals surface area (Å²) in [6.07, 6.45) is 6.45. The lowest BCUT2D eigenvalue weighted by Gasteiger charge is -2.24. The molecule has 1 aromatic carbocycles. The number of carbonyl (C=O) groups excluding carboxylic acids is 1. The maximum absolute atomic E-state index is 13.9. The molecule has 180 valence electrons. The van der Waals surface area contributed by atoms with Gasteiger partial charge < -0.3 is 14.4 Å². The van der Waals surface area contributed by atoms with Gasteiger partial charge in [-0.1, -0.05) is 0 Å². The van der Waals surface area contributed by atoms with Crippen LogP contribution in [0.5, 0.6) is 11.6 Å². The molecule has 35 heavy (non-hydrogen) atoms. The summed E-state index contributed by atoms with van der Waals surface area (Å²) in [5, 5.41) is 15.9. The van der Waals surface area contributed by atoms with Crippen LogP contribution in [-0.4, -0.2) is 66.2 Å². The number of benzene rings is 1. The number of nitrogens with one attached hydrogen (secondary N) is 1. The second kappa shape index (κ2) is 9.53. The number of ether oxygens (including phenoxy) is 2. The average Bonchev–Trinajstić information content (AvgIpc) is 3.65. The van der Waals surface area contributed by atoms with Crippen molar-refractivity contribution < 1.29 is 14.3 Å². The Kier molecular flexibility index (Phi) is 6.13. The Labute approximate surface area is 202 Å². The molecular formula is C24H26N8O3. The first-order valence-corrected chi connectivity index (χ1v) is 11.5. The standard InChI is InChI=1S/C24H26N8O3/c1-4-35-23-16(7-5-9-25-23)21-28-22(30-29-21)18-8-6-12-31(18)24(33)17-14-20(34-3)15(2)13-19(17)32-26-10-11-27-32/h5,7,9-11,13-14,18H,4,6,8,12H2,1-3H3,(H,28,29,30)/t18-/m0/s1. The highest BCUT2D eigenvalue weighted by atomic mass is 16.5. The highest BCUT2D eigenvalue weighted by Crippen LogP contribution is 2.35. The predicted octanol–water partition coefficient (Wildman–Crippen LogP) is 3.14. The lowest BCUT2D eigenvalue weighted by atomic mass is 10.1. The normalized spacial score (nSPS) is 15.4. The van der Waals surface area contributed by atoms with E-state index in [1.807, 2.05) is 36.9 Å². The molecule has 3 aromatic heterocycles. The van der Waals surface area contributed by atoms with E-state index in [9.17, 15) is 4.79 Å². The van der Waals surface area contributed by atoms with Gasteiger partial charge in [-0.15, -0.1) is 0 Å². The number of rotatable bonds is 7. The first-order chi connectivity index (χ1) is 17.1. The molecule has 11 nitrogen and oxygen atoms in total.